The predicted molar refractivity (Wildman–Crippen MR) is 53.5 cm³/mol. The number of hydrogen-bond donors (Lipinski definition) is 0. The number of rotatable bonds is 2. The van der Waals surface area contributed by atoms with Crippen LogP contribution >= 0.6 is 15.9 Å². The van der Waals surface area contributed by atoms with Crippen LogP contribution in [-0.2, 0) is 10.2 Å². The van der Waals surface area contributed by atoms with Crippen molar-refractivity contribution in [3.8, 4) is 0 Å². The van der Waals surface area contributed by atoms with Crippen molar-refractivity contribution < 1.29 is 4.79 Å². The van der Waals surface area contributed by atoms with E-state index in [0.717, 1.165) is 35.7 Å². The first-order valence-corrected chi connectivity index (χ1v) is 5.14. The van der Waals surface area contributed by atoms with Crippen LogP contribution in [0.5, 0.6) is 0 Å². The molecule has 1 saturated carbocycles. The summed E-state index contributed by atoms with van der Waals surface area (Å²) in [4.78, 5) is 15.0. The smallest absolute Gasteiger partial charge is 0.130 e. The number of carbonyl (C=O) groups excluding carboxylic acids is 1. The molecule has 0 bridgehead atoms. The van der Waals surface area contributed by atoms with Gasteiger partial charge < -0.3 is 4.79 Å². The first-order chi connectivity index (χ1) is 6.27. The molecule has 0 radical (unpaired) electrons. The number of halogens is 1. The molecule has 0 amide bonds. The molecular formula is C10H10BrNO. The SMILES string of the molecule is O=CC1(c2ccnc(Br)c2)CCC1. The van der Waals surface area contributed by atoms with E-state index in [-0.39, 0.29) is 5.41 Å². The van der Waals surface area contributed by atoms with Crippen LogP contribution in [0.25, 0.3) is 0 Å². The lowest BCUT2D eigenvalue weighted by Gasteiger charge is -2.37. The van der Waals surface area contributed by atoms with Crippen LogP contribution in [0, 0.1) is 0 Å². The fourth-order valence-electron chi connectivity index (χ4n) is 1.74. The first kappa shape index (κ1) is 8.88. The van der Waals surface area contributed by atoms with Crippen molar-refractivity contribution in [3.63, 3.8) is 0 Å². The second kappa shape index (κ2) is 3.22. The molecule has 1 aliphatic rings. The van der Waals surface area contributed by atoms with Crippen LogP contribution in [-0.4, -0.2) is 11.3 Å². The second-order valence-corrected chi connectivity index (χ2v) is 4.31. The maximum Gasteiger partial charge on any atom is 0.130 e. The van der Waals surface area contributed by atoms with Gasteiger partial charge in [-0.25, -0.2) is 4.98 Å². The molecule has 1 aliphatic carbocycles. The van der Waals surface area contributed by atoms with Crippen molar-refractivity contribution in [3.05, 3.63) is 28.5 Å². The minimum Gasteiger partial charge on any atom is -0.302 e. The number of pyridine rings is 1. The summed E-state index contributed by atoms with van der Waals surface area (Å²) in [6.07, 6.45) is 5.93. The summed E-state index contributed by atoms with van der Waals surface area (Å²) >= 11 is 3.31. The minimum atomic E-state index is -0.203. The Kier molecular flexibility index (Phi) is 2.20. The Morgan fingerprint density at radius 2 is 2.31 bits per heavy atom. The average molecular weight is 240 g/mol. The average Bonchev–Trinajstić information content (AvgIpc) is 2.03. The van der Waals surface area contributed by atoms with Gasteiger partial charge >= 0.3 is 0 Å². The third-order valence-electron chi connectivity index (χ3n) is 2.77. The molecule has 1 fully saturated rings. The Balaban J connectivity index is 2.38. The van der Waals surface area contributed by atoms with Gasteiger partial charge in [-0.2, -0.15) is 0 Å². The third-order valence-corrected chi connectivity index (χ3v) is 3.21. The van der Waals surface area contributed by atoms with Crippen molar-refractivity contribution >= 4 is 22.2 Å². The Hall–Kier alpha value is -0.700. The highest BCUT2D eigenvalue weighted by Crippen LogP contribution is 2.42. The van der Waals surface area contributed by atoms with Crippen LogP contribution < -0.4 is 0 Å². The highest BCUT2D eigenvalue weighted by Gasteiger charge is 2.38. The highest BCUT2D eigenvalue weighted by atomic mass is 79.9. The van der Waals surface area contributed by atoms with Gasteiger partial charge in [0, 0.05) is 6.20 Å². The molecule has 0 saturated heterocycles. The lowest BCUT2D eigenvalue weighted by atomic mass is 9.66. The Labute approximate surface area is 85.5 Å². The molecular weight excluding hydrogens is 230 g/mol. The van der Waals surface area contributed by atoms with Crippen molar-refractivity contribution in [1.29, 1.82) is 0 Å². The molecule has 1 heterocycles. The zero-order chi connectivity index (χ0) is 9.31. The topological polar surface area (TPSA) is 30.0 Å². The molecule has 0 atom stereocenters. The molecule has 0 aromatic carbocycles. The van der Waals surface area contributed by atoms with E-state index in [1.54, 1.807) is 6.20 Å². The third kappa shape index (κ3) is 1.41. The molecule has 0 spiro atoms. The summed E-state index contributed by atoms with van der Waals surface area (Å²) in [6.45, 7) is 0. The summed E-state index contributed by atoms with van der Waals surface area (Å²) in [6, 6.07) is 3.87. The van der Waals surface area contributed by atoms with Gasteiger partial charge in [0.05, 0.1) is 5.41 Å². The van der Waals surface area contributed by atoms with Gasteiger partial charge in [0.15, 0.2) is 0 Å². The van der Waals surface area contributed by atoms with Crippen molar-refractivity contribution in [2.24, 2.45) is 0 Å². The number of carbonyl (C=O) groups is 1. The van der Waals surface area contributed by atoms with E-state index in [1.165, 1.54) is 0 Å². The van der Waals surface area contributed by atoms with Crippen molar-refractivity contribution in [2.45, 2.75) is 24.7 Å². The number of aromatic nitrogens is 1. The molecule has 1 aromatic heterocycles. The van der Waals surface area contributed by atoms with Gasteiger partial charge in [0.1, 0.15) is 10.9 Å². The van der Waals surface area contributed by atoms with Crippen LogP contribution in [0.15, 0.2) is 22.9 Å². The van der Waals surface area contributed by atoms with Crippen LogP contribution in [0.2, 0.25) is 0 Å². The van der Waals surface area contributed by atoms with Gasteiger partial charge in [-0.05, 0) is 46.5 Å². The molecule has 1 aromatic rings. The molecule has 0 aliphatic heterocycles. The number of nitrogens with zero attached hydrogens (tertiary/aromatic N) is 1. The Morgan fingerprint density at radius 1 is 1.54 bits per heavy atom. The monoisotopic (exact) mass is 239 g/mol. The van der Waals surface area contributed by atoms with Gasteiger partial charge in [-0.15, -0.1) is 0 Å². The zero-order valence-electron chi connectivity index (χ0n) is 7.16. The summed E-state index contributed by atoms with van der Waals surface area (Å²) in [5.74, 6) is 0. The fourth-order valence-corrected chi connectivity index (χ4v) is 2.11. The molecule has 2 rings (SSSR count). The summed E-state index contributed by atoms with van der Waals surface area (Å²) in [7, 11) is 0. The largest absolute Gasteiger partial charge is 0.302 e. The van der Waals surface area contributed by atoms with Crippen molar-refractivity contribution in [1.82, 2.24) is 4.98 Å². The van der Waals surface area contributed by atoms with Gasteiger partial charge in [0.25, 0.3) is 0 Å². The fraction of sp³-hybridized carbons (Fsp3) is 0.400. The molecule has 2 nitrogen and oxygen atoms in total. The van der Waals surface area contributed by atoms with Gasteiger partial charge in [-0.3, -0.25) is 0 Å². The van der Waals surface area contributed by atoms with E-state index in [0.29, 0.717) is 0 Å². The van der Waals surface area contributed by atoms with E-state index in [9.17, 15) is 4.79 Å². The van der Waals surface area contributed by atoms with Gasteiger partial charge in [0.2, 0.25) is 0 Å². The minimum absolute atomic E-state index is 0.203. The van der Waals surface area contributed by atoms with E-state index in [2.05, 4.69) is 20.9 Å². The summed E-state index contributed by atoms with van der Waals surface area (Å²) in [5.41, 5.74) is 0.890. The van der Waals surface area contributed by atoms with E-state index >= 15 is 0 Å². The summed E-state index contributed by atoms with van der Waals surface area (Å²) in [5, 5.41) is 0. The summed E-state index contributed by atoms with van der Waals surface area (Å²) < 4.78 is 0.804. The maximum absolute atomic E-state index is 11.0. The normalized spacial score (nSPS) is 19.2. The van der Waals surface area contributed by atoms with Crippen molar-refractivity contribution in [2.75, 3.05) is 0 Å². The Morgan fingerprint density at radius 3 is 2.77 bits per heavy atom. The molecule has 0 N–H and O–H groups in total. The standard InChI is InChI=1S/C10H10BrNO/c11-9-6-8(2-5-12-9)10(7-13)3-1-4-10/h2,5-7H,1,3-4H2. The number of aldehydes is 1. The first-order valence-electron chi connectivity index (χ1n) is 4.35. The van der Waals surface area contributed by atoms with Crippen LogP contribution in [0.1, 0.15) is 24.8 Å². The quantitative estimate of drug-likeness (QED) is 0.587. The molecule has 0 unspecified atom stereocenters. The van der Waals surface area contributed by atoms with Crippen LogP contribution in [0.4, 0.5) is 0 Å². The Bertz CT molecular complexity index is 333. The van der Waals surface area contributed by atoms with E-state index in [4.69, 9.17) is 0 Å². The maximum atomic E-state index is 11.0. The predicted octanol–water partition coefficient (Wildman–Crippen LogP) is 2.46. The van der Waals surface area contributed by atoms with E-state index < -0.39 is 0 Å². The zero-order valence-corrected chi connectivity index (χ0v) is 8.75. The lowest BCUT2D eigenvalue weighted by Crippen LogP contribution is -2.35. The lowest BCUT2D eigenvalue weighted by molar-refractivity contribution is -0.115. The second-order valence-electron chi connectivity index (χ2n) is 3.49. The van der Waals surface area contributed by atoms with Crippen LogP contribution in [0.3, 0.4) is 0 Å². The number of hydrogen-bond acceptors (Lipinski definition) is 2. The highest BCUT2D eigenvalue weighted by molar-refractivity contribution is 9.10. The molecule has 68 valence electrons. The molecule has 13 heavy (non-hydrogen) atoms. The van der Waals surface area contributed by atoms with E-state index in [1.807, 2.05) is 12.1 Å². The van der Waals surface area contributed by atoms with Gasteiger partial charge in [-0.1, -0.05) is 6.42 Å². The molecule has 3 heteroatoms.